The summed E-state index contributed by atoms with van der Waals surface area (Å²) in [6, 6.07) is 5.95. The SMILES string of the molecule is CC(C)C[C@@H]1NC(=O)[C@H](C(C)C)N(Cc2ccccc2O)C1=O. The van der Waals surface area contributed by atoms with E-state index in [0.717, 1.165) is 0 Å². The molecule has 2 amide bonds. The summed E-state index contributed by atoms with van der Waals surface area (Å²) in [4.78, 5) is 27.0. The van der Waals surface area contributed by atoms with Gasteiger partial charge in [0.05, 0.1) is 6.54 Å². The molecule has 0 spiro atoms. The summed E-state index contributed by atoms with van der Waals surface area (Å²) in [6.07, 6.45) is 0.618. The lowest BCUT2D eigenvalue weighted by Gasteiger charge is -2.41. The Bertz CT molecular complexity index is 583. The third-order valence-electron chi connectivity index (χ3n) is 4.17. The van der Waals surface area contributed by atoms with Gasteiger partial charge in [0, 0.05) is 5.56 Å². The van der Waals surface area contributed by atoms with E-state index in [1.54, 1.807) is 23.1 Å². The number of amides is 2. The van der Waals surface area contributed by atoms with Crippen LogP contribution >= 0.6 is 0 Å². The number of hydrogen-bond acceptors (Lipinski definition) is 3. The highest BCUT2D eigenvalue weighted by Crippen LogP contribution is 2.25. The number of phenols is 1. The quantitative estimate of drug-likeness (QED) is 0.875. The maximum absolute atomic E-state index is 12.9. The molecule has 0 aliphatic carbocycles. The molecule has 2 N–H and O–H groups in total. The van der Waals surface area contributed by atoms with Crippen LogP contribution in [0.2, 0.25) is 0 Å². The molecule has 23 heavy (non-hydrogen) atoms. The molecule has 1 aromatic carbocycles. The topological polar surface area (TPSA) is 69.6 Å². The summed E-state index contributed by atoms with van der Waals surface area (Å²) in [6.45, 7) is 8.16. The fraction of sp³-hybridized carbons (Fsp3) is 0.556. The van der Waals surface area contributed by atoms with Crippen LogP contribution in [0.25, 0.3) is 0 Å². The fourth-order valence-electron chi connectivity index (χ4n) is 3.10. The molecule has 1 aliphatic rings. The Balaban J connectivity index is 2.30. The number of hydrogen-bond donors (Lipinski definition) is 2. The number of aromatic hydroxyl groups is 1. The van der Waals surface area contributed by atoms with Gasteiger partial charge >= 0.3 is 0 Å². The predicted molar refractivity (Wildman–Crippen MR) is 88.7 cm³/mol. The Kier molecular flexibility index (Phi) is 5.29. The van der Waals surface area contributed by atoms with Crippen molar-refractivity contribution in [2.45, 2.75) is 52.7 Å². The van der Waals surface area contributed by atoms with E-state index in [9.17, 15) is 14.7 Å². The smallest absolute Gasteiger partial charge is 0.246 e. The molecule has 1 saturated heterocycles. The zero-order valence-corrected chi connectivity index (χ0v) is 14.2. The van der Waals surface area contributed by atoms with E-state index >= 15 is 0 Å². The van der Waals surface area contributed by atoms with Gasteiger partial charge in [-0.3, -0.25) is 9.59 Å². The highest BCUT2D eigenvalue weighted by molar-refractivity contribution is 5.97. The number of phenolic OH excluding ortho intramolecular Hbond substituents is 1. The monoisotopic (exact) mass is 318 g/mol. The largest absolute Gasteiger partial charge is 0.508 e. The minimum absolute atomic E-state index is 0.00445. The van der Waals surface area contributed by atoms with Crippen LogP contribution in [0.5, 0.6) is 5.75 Å². The van der Waals surface area contributed by atoms with Crippen LogP contribution in [0, 0.1) is 11.8 Å². The van der Waals surface area contributed by atoms with Crippen molar-refractivity contribution in [2.75, 3.05) is 0 Å². The Morgan fingerprint density at radius 1 is 1.17 bits per heavy atom. The molecular formula is C18H26N2O3. The molecule has 0 bridgehead atoms. The molecule has 2 rings (SSSR count). The second kappa shape index (κ2) is 7.02. The molecule has 5 heteroatoms. The minimum Gasteiger partial charge on any atom is -0.508 e. The first-order chi connectivity index (χ1) is 10.8. The van der Waals surface area contributed by atoms with Crippen LogP contribution < -0.4 is 5.32 Å². The van der Waals surface area contributed by atoms with Crippen molar-refractivity contribution < 1.29 is 14.7 Å². The highest BCUT2D eigenvalue weighted by atomic mass is 16.3. The van der Waals surface area contributed by atoms with Crippen molar-refractivity contribution in [3.63, 3.8) is 0 Å². The maximum Gasteiger partial charge on any atom is 0.246 e. The lowest BCUT2D eigenvalue weighted by Crippen LogP contribution is -2.64. The normalized spacial score (nSPS) is 21.9. The minimum atomic E-state index is -0.509. The van der Waals surface area contributed by atoms with Gasteiger partial charge in [0.2, 0.25) is 11.8 Å². The lowest BCUT2D eigenvalue weighted by atomic mass is 9.93. The second-order valence-corrected chi connectivity index (χ2v) is 6.97. The number of carbonyl (C=O) groups is 2. The van der Waals surface area contributed by atoms with Crippen molar-refractivity contribution in [1.82, 2.24) is 10.2 Å². The number of nitrogens with zero attached hydrogens (tertiary/aromatic N) is 1. The zero-order valence-electron chi connectivity index (χ0n) is 14.2. The Morgan fingerprint density at radius 3 is 2.39 bits per heavy atom. The van der Waals surface area contributed by atoms with Crippen molar-refractivity contribution in [2.24, 2.45) is 11.8 Å². The summed E-state index contributed by atoms with van der Waals surface area (Å²) in [5.41, 5.74) is 0.657. The average Bonchev–Trinajstić information content (AvgIpc) is 2.45. The van der Waals surface area contributed by atoms with Gasteiger partial charge in [-0.05, 0) is 24.3 Å². The summed E-state index contributed by atoms with van der Waals surface area (Å²) in [7, 11) is 0. The molecule has 1 fully saturated rings. The number of rotatable bonds is 5. The Hall–Kier alpha value is -2.04. The summed E-state index contributed by atoms with van der Waals surface area (Å²) >= 11 is 0. The zero-order chi connectivity index (χ0) is 17.1. The molecular weight excluding hydrogens is 292 g/mol. The van der Waals surface area contributed by atoms with E-state index in [-0.39, 0.29) is 30.0 Å². The van der Waals surface area contributed by atoms with Gasteiger partial charge < -0.3 is 15.3 Å². The first kappa shape index (κ1) is 17.3. The van der Waals surface area contributed by atoms with Crippen molar-refractivity contribution in [3.8, 4) is 5.75 Å². The fourth-order valence-corrected chi connectivity index (χ4v) is 3.10. The molecule has 0 unspecified atom stereocenters. The highest BCUT2D eigenvalue weighted by Gasteiger charge is 2.42. The second-order valence-electron chi connectivity index (χ2n) is 6.97. The first-order valence-corrected chi connectivity index (χ1v) is 8.19. The van der Waals surface area contributed by atoms with Crippen LogP contribution in [-0.2, 0) is 16.1 Å². The van der Waals surface area contributed by atoms with Gasteiger partial charge in [-0.1, -0.05) is 45.9 Å². The summed E-state index contributed by atoms with van der Waals surface area (Å²) in [5.74, 6) is 0.284. The van der Waals surface area contributed by atoms with Crippen LogP contribution in [0.1, 0.15) is 39.7 Å². The van der Waals surface area contributed by atoms with E-state index in [1.807, 2.05) is 33.8 Å². The van der Waals surface area contributed by atoms with Crippen LogP contribution in [-0.4, -0.2) is 33.9 Å². The Morgan fingerprint density at radius 2 is 1.83 bits per heavy atom. The lowest BCUT2D eigenvalue weighted by molar-refractivity contribution is -0.152. The number of para-hydroxylation sites is 1. The summed E-state index contributed by atoms with van der Waals surface area (Å²) in [5, 5.41) is 12.9. The predicted octanol–water partition coefficient (Wildman–Crippen LogP) is 2.29. The van der Waals surface area contributed by atoms with Gasteiger partial charge in [-0.2, -0.15) is 0 Å². The van der Waals surface area contributed by atoms with Gasteiger partial charge in [0.15, 0.2) is 0 Å². The third-order valence-corrected chi connectivity index (χ3v) is 4.17. The standard InChI is InChI=1S/C18H26N2O3/c1-11(2)9-14-18(23)20(16(12(3)4)17(22)19-14)10-13-7-5-6-8-15(13)21/h5-8,11-12,14,16,21H,9-10H2,1-4H3,(H,19,22)/t14-,16-/m0/s1. The Labute approximate surface area is 137 Å². The molecule has 0 aromatic heterocycles. The maximum atomic E-state index is 12.9. The van der Waals surface area contributed by atoms with Crippen molar-refractivity contribution in [3.05, 3.63) is 29.8 Å². The van der Waals surface area contributed by atoms with Gasteiger partial charge in [0.25, 0.3) is 0 Å². The average molecular weight is 318 g/mol. The molecule has 2 atom stereocenters. The van der Waals surface area contributed by atoms with Gasteiger partial charge in [0.1, 0.15) is 17.8 Å². The number of carbonyl (C=O) groups excluding carboxylic acids is 2. The van der Waals surface area contributed by atoms with Crippen LogP contribution in [0.15, 0.2) is 24.3 Å². The van der Waals surface area contributed by atoms with E-state index in [2.05, 4.69) is 5.32 Å². The summed E-state index contributed by atoms with van der Waals surface area (Å²) < 4.78 is 0. The molecule has 1 heterocycles. The van der Waals surface area contributed by atoms with Gasteiger partial charge in [-0.25, -0.2) is 0 Å². The van der Waals surface area contributed by atoms with Crippen molar-refractivity contribution >= 4 is 11.8 Å². The molecule has 5 nitrogen and oxygen atoms in total. The van der Waals surface area contributed by atoms with E-state index in [0.29, 0.717) is 17.9 Å². The molecule has 1 aromatic rings. The van der Waals surface area contributed by atoms with Crippen LogP contribution in [0.4, 0.5) is 0 Å². The van der Waals surface area contributed by atoms with E-state index < -0.39 is 12.1 Å². The molecule has 1 aliphatic heterocycles. The van der Waals surface area contributed by atoms with Gasteiger partial charge in [-0.15, -0.1) is 0 Å². The van der Waals surface area contributed by atoms with Crippen molar-refractivity contribution in [1.29, 1.82) is 0 Å². The molecule has 0 radical (unpaired) electrons. The molecule has 126 valence electrons. The third kappa shape index (κ3) is 3.84. The molecule has 0 saturated carbocycles. The van der Waals surface area contributed by atoms with E-state index in [4.69, 9.17) is 0 Å². The number of benzene rings is 1. The number of nitrogens with one attached hydrogen (secondary N) is 1. The number of piperazine rings is 1. The van der Waals surface area contributed by atoms with E-state index in [1.165, 1.54) is 0 Å². The van der Waals surface area contributed by atoms with Crippen LogP contribution in [0.3, 0.4) is 0 Å². The first-order valence-electron chi connectivity index (χ1n) is 8.19.